The molecule has 25 heavy (non-hydrogen) atoms. The number of halogens is 1. The molecule has 1 saturated heterocycles. The van der Waals surface area contributed by atoms with Gasteiger partial charge in [-0.05, 0) is 12.5 Å². The average molecular weight is 348 g/mol. The molecule has 1 aromatic carbocycles. The number of aromatic amines is 1. The number of rotatable bonds is 6. The number of hydrogen-bond donors (Lipinski definition) is 1. The van der Waals surface area contributed by atoms with Gasteiger partial charge in [-0.25, -0.2) is 4.79 Å². The maximum absolute atomic E-state index is 13.4. The summed E-state index contributed by atoms with van der Waals surface area (Å²) in [6, 6.07) is 9.69. The molecule has 1 aliphatic rings. The van der Waals surface area contributed by atoms with Crippen LogP contribution in [0.5, 0.6) is 0 Å². The number of benzene rings is 1. The van der Waals surface area contributed by atoms with Crippen molar-refractivity contribution in [1.82, 2.24) is 9.55 Å². The van der Waals surface area contributed by atoms with Gasteiger partial charge in [0.2, 0.25) is 0 Å². The van der Waals surface area contributed by atoms with E-state index in [1.807, 2.05) is 30.3 Å². The van der Waals surface area contributed by atoms with Crippen LogP contribution in [0.4, 0.5) is 4.39 Å². The quantitative estimate of drug-likeness (QED) is 0.866. The Balaban J connectivity index is 1.65. The lowest BCUT2D eigenvalue weighted by molar-refractivity contribution is -0.0560. The molecule has 7 heteroatoms. The van der Waals surface area contributed by atoms with Crippen LogP contribution < -0.4 is 11.2 Å². The highest BCUT2D eigenvalue weighted by molar-refractivity contribution is 5.13. The smallest absolute Gasteiger partial charge is 0.330 e. The molecule has 0 unspecified atom stereocenters. The van der Waals surface area contributed by atoms with E-state index in [4.69, 9.17) is 9.47 Å². The lowest BCUT2D eigenvalue weighted by atomic mass is 10.0. The van der Waals surface area contributed by atoms with Crippen molar-refractivity contribution in [1.29, 1.82) is 0 Å². The summed E-state index contributed by atoms with van der Waals surface area (Å²) >= 11 is 0. The molecule has 3 rings (SSSR count). The van der Waals surface area contributed by atoms with Crippen molar-refractivity contribution in [3.63, 3.8) is 0 Å². The molecule has 1 aliphatic heterocycles. The Hall–Kier alpha value is -2.25. The van der Waals surface area contributed by atoms with E-state index in [0.29, 0.717) is 18.6 Å². The Morgan fingerprint density at radius 2 is 2.08 bits per heavy atom. The van der Waals surface area contributed by atoms with Crippen molar-refractivity contribution in [3.8, 4) is 0 Å². The lowest BCUT2D eigenvalue weighted by Crippen LogP contribution is -2.33. The third kappa shape index (κ3) is 4.05. The predicted molar refractivity (Wildman–Crippen MR) is 90.1 cm³/mol. The van der Waals surface area contributed by atoms with Gasteiger partial charge in [-0.3, -0.25) is 18.7 Å². The molecule has 0 bridgehead atoms. The summed E-state index contributed by atoms with van der Waals surface area (Å²) in [5.41, 5.74) is 0.457. The molecule has 1 aromatic heterocycles. The first-order valence-corrected chi connectivity index (χ1v) is 8.23. The normalized spacial score (nSPS) is 23.0. The molecule has 1 fully saturated rings. The monoisotopic (exact) mass is 348 g/mol. The highest BCUT2D eigenvalue weighted by Crippen LogP contribution is 2.33. The Morgan fingerprint density at radius 1 is 1.32 bits per heavy atom. The second-order valence-corrected chi connectivity index (χ2v) is 6.26. The van der Waals surface area contributed by atoms with Crippen molar-refractivity contribution < 1.29 is 13.9 Å². The minimum Gasteiger partial charge on any atom is -0.374 e. The van der Waals surface area contributed by atoms with E-state index in [-0.39, 0.29) is 12.5 Å². The zero-order chi connectivity index (χ0) is 17.8. The van der Waals surface area contributed by atoms with Gasteiger partial charge < -0.3 is 9.47 Å². The fourth-order valence-electron chi connectivity index (χ4n) is 2.96. The lowest BCUT2D eigenvalue weighted by Gasteiger charge is -2.17. The maximum atomic E-state index is 13.4. The van der Waals surface area contributed by atoms with Crippen LogP contribution in [-0.2, 0) is 16.1 Å². The molecule has 0 spiro atoms. The fraction of sp³-hybridized carbons (Fsp3) is 0.444. The van der Waals surface area contributed by atoms with Crippen molar-refractivity contribution >= 4 is 0 Å². The molecular formula is C18H21FN2O4. The van der Waals surface area contributed by atoms with Gasteiger partial charge in [0.05, 0.1) is 26.0 Å². The summed E-state index contributed by atoms with van der Waals surface area (Å²) in [5, 5.41) is 0. The predicted octanol–water partition coefficient (Wildman–Crippen LogP) is 1.94. The number of hydrogen-bond acceptors (Lipinski definition) is 4. The molecule has 134 valence electrons. The van der Waals surface area contributed by atoms with Crippen molar-refractivity contribution in [3.05, 3.63) is 68.5 Å². The highest BCUT2D eigenvalue weighted by Gasteiger charge is 2.36. The summed E-state index contributed by atoms with van der Waals surface area (Å²) in [6.07, 6.45) is 0.780. The number of nitrogens with one attached hydrogen (secondary N) is 1. The van der Waals surface area contributed by atoms with Crippen LogP contribution in [0.1, 0.15) is 23.8 Å². The molecule has 6 nitrogen and oxygen atoms in total. The van der Waals surface area contributed by atoms with E-state index in [1.54, 1.807) is 6.92 Å². The second-order valence-electron chi connectivity index (χ2n) is 6.26. The van der Waals surface area contributed by atoms with E-state index in [9.17, 15) is 14.0 Å². The van der Waals surface area contributed by atoms with Crippen molar-refractivity contribution in [2.24, 2.45) is 5.92 Å². The largest absolute Gasteiger partial charge is 0.374 e. The van der Waals surface area contributed by atoms with Gasteiger partial charge in [0, 0.05) is 24.1 Å². The number of H-pyrrole nitrogens is 1. The molecule has 1 N–H and O–H groups in total. The molecule has 2 aromatic rings. The first-order valence-electron chi connectivity index (χ1n) is 8.23. The summed E-state index contributed by atoms with van der Waals surface area (Å²) < 4.78 is 26.2. The van der Waals surface area contributed by atoms with E-state index >= 15 is 0 Å². The molecule has 2 heterocycles. The summed E-state index contributed by atoms with van der Waals surface area (Å²) in [7, 11) is 0. The van der Waals surface area contributed by atoms with Gasteiger partial charge in [0.25, 0.3) is 5.56 Å². The van der Waals surface area contributed by atoms with Crippen LogP contribution in [0.2, 0.25) is 0 Å². The van der Waals surface area contributed by atoms with Gasteiger partial charge in [-0.2, -0.15) is 0 Å². The Labute approximate surface area is 144 Å². The number of ether oxygens (including phenoxy) is 2. The molecule has 0 amide bonds. The fourth-order valence-corrected chi connectivity index (χ4v) is 2.96. The SMILES string of the molecule is Cc1cn([C@H]2C[C@H](CF)[C@@H](COCc3ccccc3)O2)c(=O)[nH]c1=O. The van der Waals surface area contributed by atoms with Crippen LogP contribution in [0, 0.1) is 12.8 Å². The van der Waals surface area contributed by atoms with E-state index < -0.39 is 30.3 Å². The molecule has 0 saturated carbocycles. The van der Waals surface area contributed by atoms with Gasteiger partial charge in [0.1, 0.15) is 6.23 Å². The number of aryl methyl sites for hydroxylation is 1. The molecular weight excluding hydrogens is 327 g/mol. The van der Waals surface area contributed by atoms with E-state index in [1.165, 1.54) is 10.8 Å². The van der Waals surface area contributed by atoms with Crippen molar-refractivity contribution in [2.45, 2.75) is 32.3 Å². The van der Waals surface area contributed by atoms with Crippen molar-refractivity contribution in [2.75, 3.05) is 13.3 Å². The van der Waals surface area contributed by atoms with Gasteiger partial charge in [-0.15, -0.1) is 0 Å². The number of aromatic nitrogens is 2. The third-order valence-electron chi connectivity index (χ3n) is 4.41. The topological polar surface area (TPSA) is 73.3 Å². The Kier molecular flexibility index (Phi) is 5.45. The number of alkyl halides is 1. The average Bonchev–Trinajstić information content (AvgIpc) is 3.02. The third-order valence-corrected chi connectivity index (χ3v) is 4.41. The van der Waals surface area contributed by atoms with Gasteiger partial charge in [-0.1, -0.05) is 30.3 Å². The molecule has 0 radical (unpaired) electrons. The minimum absolute atomic E-state index is 0.247. The standard InChI is InChI=1S/C18H21FN2O4/c1-12-9-21(18(23)20-17(12)22)16-7-14(8-19)15(25-16)11-24-10-13-5-3-2-4-6-13/h2-6,9,14-16H,7-8,10-11H2,1H3,(H,20,22,23)/t14-,15-,16-/m1/s1. The van der Waals surface area contributed by atoms with Crippen LogP contribution in [0.3, 0.4) is 0 Å². The van der Waals surface area contributed by atoms with Crippen LogP contribution in [0.15, 0.2) is 46.1 Å². The summed E-state index contributed by atoms with van der Waals surface area (Å²) in [4.78, 5) is 25.7. The highest BCUT2D eigenvalue weighted by atomic mass is 19.1. The first-order chi connectivity index (χ1) is 12.1. The zero-order valence-corrected chi connectivity index (χ0v) is 14.0. The van der Waals surface area contributed by atoms with E-state index in [0.717, 1.165) is 5.56 Å². The maximum Gasteiger partial charge on any atom is 0.330 e. The summed E-state index contributed by atoms with van der Waals surface area (Å²) in [6.45, 7) is 1.73. The van der Waals surface area contributed by atoms with Crippen LogP contribution >= 0.6 is 0 Å². The number of nitrogens with zero attached hydrogens (tertiary/aromatic N) is 1. The minimum atomic E-state index is -0.603. The Bertz CT molecular complexity index is 818. The zero-order valence-electron chi connectivity index (χ0n) is 14.0. The summed E-state index contributed by atoms with van der Waals surface area (Å²) in [5.74, 6) is -0.347. The first kappa shape index (κ1) is 17.6. The Morgan fingerprint density at radius 3 is 2.80 bits per heavy atom. The van der Waals surface area contributed by atoms with Gasteiger partial charge >= 0.3 is 5.69 Å². The van der Waals surface area contributed by atoms with E-state index in [2.05, 4.69) is 4.98 Å². The second kappa shape index (κ2) is 7.76. The molecule has 0 aliphatic carbocycles. The van der Waals surface area contributed by atoms with Crippen LogP contribution in [0.25, 0.3) is 0 Å². The van der Waals surface area contributed by atoms with Crippen LogP contribution in [-0.4, -0.2) is 28.9 Å². The molecule has 3 atom stereocenters. The van der Waals surface area contributed by atoms with Gasteiger partial charge in [0.15, 0.2) is 0 Å².